The van der Waals surface area contributed by atoms with Crippen molar-refractivity contribution in [3.8, 4) is 0 Å². The molecule has 0 bridgehead atoms. The first-order valence-corrected chi connectivity index (χ1v) is 9.91. The van der Waals surface area contributed by atoms with Crippen molar-refractivity contribution in [1.29, 1.82) is 0 Å². The molecule has 28 heavy (non-hydrogen) atoms. The van der Waals surface area contributed by atoms with Crippen LogP contribution in [-0.2, 0) is 5.54 Å². The topological polar surface area (TPSA) is 75.3 Å². The van der Waals surface area contributed by atoms with Crippen LogP contribution in [0.3, 0.4) is 0 Å². The number of carbonyl (C=O) groups excluding carboxylic acids is 1. The quantitative estimate of drug-likeness (QED) is 0.767. The van der Waals surface area contributed by atoms with Crippen LogP contribution in [-0.4, -0.2) is 41.5 Å². The molecule has 0 atom stereocenters. The Labute approximate surface area is 171 Å². The van der Waals surface area contributed by atoms with Gasteiger partial charge in [0, 0.05) is 12.1 Å². The van der Waals surface area contributed by atoms with Crippen LogP contribution in [0, 0.1) is 5.41 Å². The molecule has 1 aliphatic carbocycles. The summed E-state index contributed by atoms with van der Waals surface area (Å²) in [5.74, 6) is 0. The maximum absolute atomic E-state index is 12.1. The van der Waals surface area contributed by atoms with Crippen LogP contribution in [0.25, 0.3) is 0 Å². The van der Waals surface area contributed by atoms with Crippen molar-refractivity contribution in [2.45, 2.75) is 38.1 Å². The number of benzene rings is 1. The van der Waals surface area contributed by atoms with E-state index in [0.717, 1.165) is 25.7 Å². The molecule has 6 nitrogen and oxygen atoms in total. The summed E-state index contributed by atoms with van der Waals surface area (Å²) < 4.78 is 0. The molecule has 1 fully saturated rings. The van der Waals surface area contributed by atoms with E-state index in [-0.39, 0.29) is 16.2 Å². The molecule has 1 saturated carbocycles. The lowest BCUT2D eigenvalue weighted by atomic mass is 9.65. The zero-order valence-electron chi connectivity index (χ0n) is 16.7. The minimum atomic E-state index is -0.500. The number of amides is 2. The zero-order chi connectivity index (χ0) is 20.4. The van der Waals surface area contributed by atoms with Gasteiger partial charge in [-0.3, -0.25) is 9.80 Å². The van der Waals surface area contributed by atoms with Gasteiger partial charge in [0.05, 0.1) is 18.1 Å². The molecule has 1 aromatic heterocycles. The smallest absolute Gasteiger partial charge is 0.319 e. The van der Waals surface area contributed by atoms with Gasteiger partial charge in [-0.25, -0.2) is 14.8 Å². The standard InChI is InChI=1S/C21H28ClN5O/c1-20(15-27(19(23)28)17-13-24-18(22)25-14-17)9-11-21(12-10-20,26(2)3)16-7-5-4-6-8-16/h4-8,13-14H,9-12,15H2,1-3H3,(H2,23,28). The molecule has 0 aliphatic heterocycles. The highest BCUT2D eigenvalue weighted by Crippen LogP contribution is 2.48. The second-order valence-electron chi connectivity index (χ2n) is 8.24. The highest BCUT2D eigenvalue weighted by molar-refractivity contribution is 6.28. The number of halogens is 1. The summed E-state index contributed by atoms with van der Waals surface area (Å²) in [6.45, 7) is 2.76. The number of primary amides is 1. The summed E-state index contributed by atoms with van der Waals surface area (Å²) in [6, 6.07) is 10.2. The van der Waals surface area contributed by atoms with Gasteiger partial charge < -0.3 is 5.73 Å². The van der Waals surface area contributed by atoms with E-state index in [4.69, 9.17) is 17.3 Å². The molecule has 2 N–H and O–H groups in total. The largest absolute Gasteiger partial charge is 0.351 e. The fraction of sp³-hybridized carbons (Fsp3) is 0.476. The number of nitrogens with two attached hydrogens (primary N) is 1. The third-order valence-corrected chi connectivity index (χ3v) is 6.37. The highest BCUT2D eigenvalue weighted by Gasteiger charge is 2.44. The zero-order valence-corrected chi connectivity index (χ0v) is 17.5. The average Bonchev–Trinajstić information content (AvgIpc) is 2.68. The van der Waals surface area contributed by atoms with Crippen molar-refractivity contribution >= 4 is 23.3 Å². The van der Waals surface area contributed by atoms with Crippen LogP contribution >= 0.6 is 11.6 Å². The highest BCUT2D eigenvalue weighted by atomic mass is 35.5. The molecule has 1 aliphatic rings. The van der Waals surface area contributed by atoms with E-state index in [1.807, 2.05) is 0 Å². The van der Waals surface area contributed by atoms with E-state index >= 15 is 0 Å². The molecule has 3 rings (SSSR count). The summed E-state index contributed by atoms with van der Waals surface area (Å²) in [5, 5.41) is 0.149. The predicted octanol–water partition coefficient (Wildman–Crippen LogP) is 4.05. The van der Waals surface area contributed by atoms with Gasteiger partial charge in [0.25, 0.3) is 0 Å². The Morgan fingerprint density at radius 2 is 1.68 bits per heavy atom. The Hall–Kier alpha value is -2.18. The molecule has 1 aromatic carbocycles. The summed E-state index contributed by atoms with van der Waals surface area (Å²) in [7, 11) is 4.30. The Balaban J connectivity index is 1.79. The molecule has 2 amide bonds. The van der Waals surface area contributed by atoms with Gasteiger partial charge in [-0.1, -0.05) is 37.3 Å². The second-order valence-corrected chi connectivity index (χ2v) is 8.58. The Morgan fingerprint density at radius 1 is 1.11 bits per heavy atom. The maximum Gasteiger partial charge on any atom is 0.319 e. The van der Waals surface area contributed by atoms with Crippen LogP contribution in [0.5, 0.6) is 0 Å². The average molecular weight is 402 g/mol. The SMILES string of the molecule is CN(C)C1(c2ccccc2)CCC(C)(CN(C(N)=O)c2cnc(Cl)nc2)CC1. The van der Waals surface area contributed by atoms with Gasteiger partial charge in [-0.2, -0.15) is 0 Å². The van der Waals surface area contributed by atoms with Gasteiger partial charge in [0.15, 0.2) is 0 Å². The second kappa shape index (κ2) is 8.05. The number of urea groups is 1. The third kappa shape index (κ3) is 4.13. The molecule has 7 heteroatoms. The molecular weight excluding hydrogens is 374 g/mol. The van der Waals surface area contributed by atoms with Crippen molar-refractivity contribution < 1.29 is 4.79 Å². The van der Waals surface area contributed by atoms with Crippen molar-refractivity contribution in [2.75, 3.05) is 25.5 Å². The van der Waals surface area contributed by atoms with E-state index in [9.17, 15) is 4.79 Å². The van der Waals surface area contributed by atoms with E-state index in [1.54, 1.807) is 17.3 Å². The first kappa shape index (κ1) is 20.6. The number of nitrogens with zero attached hydrogens (tertiary/aromatic N) is 4. The van der Waals surface area contributed by atoms with E-state index in [2.05, 4.69) is 66.2 Å². The van der Waals surface area contributed by atoms with E-state index in [1.165, 1.54) is 5.56 Å². The van der Waals surface area contributed by atoms with Gasteiger partial charge in [-0.05, 0) is 62.4 Å². The summed E-state index contributed by atoms with van der Waals surface area (Å²) >= 11 is 5.77. The lowest BCUT2D eigenvalue weighted by Crippen LogP contribution is -2.50. The molecule has 0 unspecified atom stereocenters. The number of hydrogen-bond acceptors (Lipinski definition) is 4. The fourth-order valence-corrected chi connectivity index (χ4v) is 4.39. The molecule has 0 spiro atoms. The first-order chi connectivity index (χ1) is 13.3. The molecule has 2 aromatic rings. The van der Waals surface area contributed by atoms with Crippen molar-refractivity contribution in [3.05, 3.63) is 53.6 Å². The molecular formula is C21H28ClN5O. The Kier molecular flexibility index (Phi) is 5.91. The fourth-order valence-electron chi connectivity index (χ4n) is 4.29. The van der Waals surface area contributed by atoms with Crippen LogP contribution in [0.4, 0.5) is 10.5 Å². The first-order valence-electron chi connectivity index (χ1n) is 9.53. The van der Waals surface area contributed by atoms with Crippen LogP contribution < -0.4 is 10.6 Å². The van der Waals surface area contributed by atoms with Gasteiger partial charge in [0.1, 0.15) is 0 Å². The number of hydrogen-bond donors (Lipinski definition) is 1. The minimum absolute atomic E-state index is 0.0156. The summed E-state index contributed by atoms with van der Waals surface area (Å²) in [4.78, 5) is 24.0. The number of rotatable bonds is 5. The summed E-state index contributed by atoms with van der Waals surface area (Å²) in [6.07, 6.45) is 7.09. The van der Waals surface area contributed by atoms with Crippen molar-refractivity contribution in [2.24, 2.45) is 11.1 Å². The molecule has 0 saturated heterocycles. The van der Waals surface area contributed by atoms with E-state index < -0.39 is 6.03 Å². The minimum Gasteiger partial charge on any atom is -0.351 e. The lowest BCUT2D eigenvalue weighted by molar-refractivity contribution is 0.0459. The van der Waals surface area contributed by atoms with E-state index in [0.29, 0.717) is 12.2 Å². The van der Waals surface area contributed by atoms with Crippen LogP contribution in [0.15, 0.2) is 42.7 Å². The number of anilines is 1. The van der Waals surface area contributed by atoms with Crippen molar-refractivity contribution in [1.82, 2.24) is 14.9 Å². The number of carbonyl (C=O) groups is 1. The monoisotopic (exact) mass is 401 g/mol. The Bertz CT molecular complexity index is 801. The summed E-state index contributed by atoms with van der Waals surface area (Å²) in [5.41, 5.74) is 7.56. The van der Waals surface area contributed by atoms with Crippen LogP contribution in [0.1, 0.15) is 38.2 Å². The van der Waals surface area contributed by atoms with Gasteiger partial charge >= 0.3 is 6.03 Å². The van der Waals surface area contributed by atoms with Crippen LogP contribution in [0.2, 0.25) is 5.28 Å². The Morgan fingerprint density at radius 3 is 2.18 bits per heavy atom. The van der Waals surface area contributed by atoms with Crippen molar-refractivity contribution in [3.63, 3.8) is 0 Å². The normalized spacial score (nSPS) is 24.9. The predicted molar refractivity (Wildman–Crippen MR) is 112 cm³/mol. The maximum atomic E-state index is 12.1. The van der Waals surface area contributed by atoms with Gasteiger partial charge in [-0.15, -0.1) is 0 Å². The third-order valence-electron chi connectivity index (χ3n) is 6.18. The molecule has 150 valence electrons. The lowest BCUT2D eigenvalue weighted by Gasteiger charge is -2.50. The van der Waals surface area contributed by atoms with Gasteiger partial charge in [0.2, 0.25) is 5.28 Å². The molecule has 0 radical (unpaired) electrons. The molecule has 1 heterocycles. The number of aromatic nitrogens is 2.